The first-order valence-electron chi connectivity index (χ1n) is 15.7. The first-order chi connectivity index (χ1) is 19.8. The highest BCUT2D eigenvalue weighted by atomic mass is 15.2. The third kappa shape index (κ3) is 4.43. The third-order valence-corrected chi connectivity index (χ3v) is 9.53. The van der Waals surface area contributed by atoms with Gasteiger partial charge < -0.3 is 4.90 Å². The molecule has 0 aromatic heterocycles. The lowest BCUT2D eigenvalue weighted by atomic mass is 9.80. The zero-order valence-corrected chi connectivity index (χ0v) is 25.8. The molecule has 0 atom stereocenters. The van der Waals surface area contributed by atoms with Crippen molar-refractivity contribution in [2.75, 3.05) is 18.0 Å². The number of hydrogen-bond donors (Lipinski definition) is 0. The van der Waals surface area contributed by atoms with Gasteiger partial charge in [-0.05, 0) is 48.7 Å². The summed E-state index contributed by atoms with van der Waals surface area (Å²) in [5, 5.41) is 5.36. The molecular formula is C39H45N2+. The Morgan fingerprint density at radius 3 is 2.05 bits per heavy atom. The molecule has 2 aliphatic rings. The minimum Gasteiger partial charge on any atom is -0.343 e. The maximum absolute atomic E-state index is 2.62. The predicted octanol–water partition coefficient (Wildman–Crippen LogP) is 10.2. The zero-order chi connectivity index (χ0) is 28.8. The van der Waals surface area contributed by atoms with Crippen LogP contribution in [0, 0.1) is 0 Å². The third-order valence-electron chi connectivity index (χ3n) is 9.53. The minimum absolute atomic E-state index is 0.0611. The van der Waals surface area contributed by atoms with Gasteiger partial charge in [0.15, 0.2) is 5.71 Å². The van der Waals surface area contributed by atoms with Crippen molar-refractivity contribution in [1.29, 1.82) is 0 Å². The molecule has 41 heavy (non-hydrogen) atoms. The Morgan fingerprint density at radius 2 is 1.34 bits per heavy atom. The molecule has 0 unspecified atom stereocenters. The Bertz CT molecular complexity index is 1710. The summed E-state index contributed by atoms with van der Waals surface area (Å²) in [6.45, 7) is 16.3. The second-order valence-electron chi connectivity index (χ2n) is 12.9. The summed E-state index contributed by atoms with van der Waals surface area (Å²) >= 11 is 0. The number of anilines is 1. The van der Waals surface area contributed by atoms with E-state index >= 15 is 0 Å². The maximum Gasteiger partial charge on any atom is 0.217 e. The molecule has 2 nitrogen and oxygen atoms in total. The Labute approximate surface area is 246 Å². The van der Waals surface area contributed by atoms with Gasteiger partial charge in [0.05, 0.1) is 16.5 Å². The molecule has 4 aromatic carbocycles. The van der Waals surface area contributed by atoms with Crippen molar-refractivity contribution in [2.45, 2.75) is 78.1 Å². The molecule has 0 saturated heterocycles. The highest BCUT2D eigenvalue weighted by molar-refractivity contribution is 6.07. The molecule has 2 heterocycles. The van der Waals surface area contributed by atoms with Crippen LogP contribution in [0.15, 0.2) is 96.7 Å². The van der Waals surface area contributed by atoms with Gasteiger partial charge in [0.2, 0.25) is 5.69 Å². The van der Waals surface area contributed by atoms with E-state index < -0.39 is 0 Å². The molecule has 0 radical (unpaired) electrons. The first kappa shape index (κ1) is 27.5. The van der Waals surface area contributed by atoms with Crippen LogP contribution in [-0.2, 0) is 10.8 Å². The number of nitrogens with zero attached hydrogens (tertiary/aromatic N) is 2. The van der Waals surface area contributed by atoms with Gasteiger partial charge in [0.25, 0.3) is 0 Å². The van der Waals surface area contributed by atoms with E-state index in [-0.39, 0.29) is 10.8 Å². The van der Waals surface area contributed by atoms with E-state index in [4.69, 9.17) is 0 Å². The molecule has 0 fully saturated rings. The first-order valence-corrected chi connectivity index (χ1v) is 15.7. The lowest BCUT2D eigenvalue weighted by Crippen LogP contribution is -2.28. The average Bonchev–Trinajstić information content (AvgIpc) is 3.33. The minimum atomic E-state index is -0.0611. The Kier molecular flexibility index (Phi) is 7.14. The standard InChI is InChI=1S/C39H45N2/c1-7-9-26-40-34(38(3,4)32-24-22-28-16-11-13-18-30(28)36(32)40)20-15-21-35-39(5,6)33-25-23-29-17-12-14-19-31(29)37(33)41(35)27-10-8-2/h11-25H,7-10,26-27H2,1-6H3/q+1. The van der Waals surface area contributed by atoms with Crippen LogP contribution in [0.4, 0.5) is 11.4 Å². The lowest BCUT2D eigenvalue weighted by Gasteiger charge is -2.27. The number of benzene rings is 4. The number of fused-ring (bicyclic) bond motifs is 6. The molecule has 2 aliphatic heterocycles. The smallest absolute Gasteiger partial charge is 0.217 e. The second kappa shape index (κ2) is 10.6. The van der Waals surface area contributed by atoms with Crippen LogP contribution in [0.1, 0.15) is 78.4 Å². The van der Waals surface area contributed by atoms with E-state index in [1.54, 1.807) is 0 Å². The van der Waals surface area contributed by atoms with Gasteiger partial charge in [-0.3, -0.25) is 0 Å². The molecular weight excluding hydrogens is 496 g/mol. The Morgan fingerprint density at radius 1 is 0.707 bits per heavy atom. The Balaban J connectivity index is 1.48. The lowest BCUT2D eigenvalue weighted by molar-refractivity contribution is -0.436. The number of hydrogen-bond acceptors (Lipinski definition) is 1. The second-order valence-corrected chi connectivity index (χ2v) is 12.9. The van der Waals surface area contributed by atoms with E-state index in [1.807, 2.05) is 0 Å². The summed E-state index contributed by atoms with van der Waals surface area (Å²) in [4.78, 5) is 2.62. The van der Waals surface area contributed by atoms with Crippen LogP contribution in [-0.4, -0.2) is 23.4 Å². The summed E-state index contributed by atoms with van der Waals surface area (Å²) in [5.41, 5.74) is 8.34. The van der Waals surface area contributed by atoms with Gasteiger partial charge in [-0.15, -0.1) is 0 Å². The molecule has 0 N–H and O–H groups in total. The summed E-state index contributed by atoms with van der Waals surface area (Å²) in [6, 6.07) is 27.1. The van der Waals surface area contributed by atoms with Gasteiger partial charge in [-0.2, -0.15) is 4.58 Å². The molecule has 0 aliphatic carbocycles. The van der Waals surface area contributed by atoms with E-state index in [1.165, 1.54) is 81.1 Å². The van der Waals surface area contributed by atoms with Crippen LogP contribution in [0.25, 0.3) is 21.5 Å². The van der Waals surface area contributed by atoms with Crippen molar-refractivity contribution >= 4 is 38.6 Å². The van der Waals surface area contributed by atoms with Gasteiger partial charge in [-0.1, -0.05) is 113 Å². The summed E-state index contributed by atoms with van der Waals surface area (Å²) in [5.74, 6) is 0. The monoisotopic (exact) mass is 541 g/mol. The largest absolute Gasteiger partial charge is 0.343 e. The van der Waals surface area contributed by atoms with E-state index in [0.717, 1.165) is 13.1 Å². The predicted molar refractivity (Wildman–Crippen MR) is 178 cm³/mol. The molecule has 210 valence electrons. The Hall–Kier alpha value is -3.65. The number of rotatable bonds is 8. The fourth-order valence-electron chi connectivity index (χ4n) is 7.22. The van der Waals surface area contributed by atoms with Gasteiger partial charge in [-0.25, -0.2) is 0 Å². The van der Waals surface area contributed by atoms with E-state index in [0.29, 0.717) is 0 Å². The van der Waals surface area contributed by atoms with Crippen molar-refractivity contribution in [3.8, 4) is 0 Å². The molecule has 0 bridgehead atoms. The normalized spacial score (nSPS) is 18.3. The topological polar surface area (TPSA) is 6.25 Å². The van der Waals surface area contributed by atoms with Crippen molar-refractivity contribution in [3.05, 3.63) is 108 Å². The van der Waals surface area contributed by atoms with Crippen LogP contribution >= 0.6 is 0 Å². The van der Waals surface area contributed by atoms with Gasteiger partial charge in [0, 0.05) is 41.1 Å². The van der Waals surface area contributed by atoms with Gasteiger partial charge in [0.1, 0.15) is 6.54 Å². The van der Waals surface area contributed by atoms with Crippen molar-refractivity contribution in [3.63, 3.8) is 0 Å². The zero-order valence-electron chi connectivity index (χ0n) is 25.8. The van der Waals surface area contributed by atoms with Crippen LogP contribution < -0.4 is 4.90 Å². The molecule has 2 heteroatoms. The SMILES string of the molecule is CCCCN1/C(=C/C=C/C2=[N+](CCCC)c3c(ccc4ccccc34)C2(C)C)C(C)(C)c2ccc3ccccc3c21. The average molecular weight is 542 g/mol. The summed E-state index contributed by atoms with van der Waals surface area (Å²) in [7, 11) is 0. The molecule has 0 saturated carbocycles. The van der Waals surface area contributed by atoms with Crippen molar-refractivity contribution in [2.24, 2.45) is 0 Å². The summed E-state index contributed by atoms with van der Waals surface area (Å²) in [6.07, 6.45) is 11.9. The summed E-state index contributed by atoms with van der Waals surface area (Å²) < 4.78 is 2.62. The van der Waals surface area contributed by atoms with E-state index in [2.05, 4.69) is 142 Å². The molecule has 0 spiro atoms. The highest BCUT2D eigenvalue weighted by Crippen LogP contribution is 2.51. The van der Waals surface area contributed by atoms with Crippen molar-refractivity contribution in [1.82, 2.24) is 0 Å². The van der Waals surface area contributed by atoms with Gasteiger partial charge >= 0.3 is 0 Å². The fourth-order valence-corrected chi connectivity index (χ4v) is 7.22. The highest BCUT2D eigenvalue weighted by Gasteiger charge is 2.45. The number of unbranched alkanes of at least 4 members (excludes halogenated alkanes) is 2. The maximum atomic E-state index is 2.62. The number of allylic oxidation sites excluding steroid dienone is 4. The van der Waals surface area contributed by atoms with E-state index in [9.17, 15) is 0 Å². The molecule has 4 aromatic rings. The quantitative estimate of drug-likeness (QED) is 0.201. The van der Waals surface area contributed by atoms with Crippen molar-refractivity contribution < 1.29 is 4.58 Å². The molecule has 0 amide bonds. The molecule has 6 rings (SSSR count). The van der Waals surface area contributed by atoms with Crippen LogP contribution in [0.2, 0.25) is 0 Å². The fraction of sp³-hybridized carbons (Fsp3) is 0.359. The van der Waals surface area contributed by atoms with Crippen LogP contribution in [0.5, 0.6) is 0 Å². The van der Waals surface area contributed by atoms with Crippen LogP contribution in [0.3, 0.4) is 0 Å².